The van der Waals surface area contributed by atoms with Gasteiger partial charge in [0.25, 0.3) is 0 Å². The van der Waals surface area contributed by atoms with Crippen molar-refractivity contribution in [2.24, 2.45) is 28.9 Å². The fourth-order valence-corrected chi connectivity index (χ4v) is 7.68. The highest BCUT2D eigenvalue weighted by molar-refractivity contribution is 9.10. The Morgan fingerprint density at radius 1 is 1.19 bits per heavy atom. The summed E-state index contributed by atoms with van der Waals surface area (Å²) >= 11 is 10.0. The zero-order chi connectivity index (χ0) is 18.2. The highest BCUT2D eigenvalue weighted by atomic mass is 79.9. The van der Waals surface area contributed by atoms with Crippen molar-refractivity contribution in [1.82, 2.24) is 4.90 Å². The molecule has 138 valence electrons. The molecule has 1 aromatic rings. The number of carbonyl (C=O) groups excluding carboxylic acids is 2. The molecule has 5 aliphatic rings. The summed E-state index contributed by atoms with van der Waals surface area (Å²) in [6.07, 6.45) is 5.13. The molecular weight excluding hydrogens is 416 g/mol. The number of hydrogen-bond donors (Lipinski definition) is 1. The molecule has 4 aliphatic carbocycles. The second kappa shape index (κ2) is 5.71. The average Bonchev–Trinajstić information content (AvgIpc) is 2.60. The van der Waals surface area contributed by atoms with Gasteiger partial charge in [0.15, 0.2) is 0 Å². The Kier molecular flexibility index (Phi) is 3.75. The first-order chi connectivity index (χ1) is 12.4. The van der Waals surface area contributed by atoms with Crippen LogP contribution in [0.25, 0.3) is 0 Å². The molecule has 1 aromatic carbocycles. The maximum atomic E-state index is 12.9. The average molecular weight is 438 g/mol. The normalized spacial score (nSPS) is 43.5. The molecule has 4 saturated carbocycles. The van der Waals surface area contributed by atoms with E-state index < -0.39 is 5.41 Å². The van der Waals surface area contributed by atoms with Gasteiger partial charge in [0.05, 0.1) is 11.5 Å². The van der Waals surface area contributed by atoms with E-state index >= 15 is 0 Å². The van der Waals surface area contributed by atoms with Gasteiger partial charge in [-0.05, 0) is 61.5 Å². The van der Waals surface area contributed by atoms with E-state index in [-0.39, 0.29) is 28.7 Å². The molecule has 0 radical (unpaired) electrons. The summed E-state index contributed by atoms with van der Waals surface area (Å²) in [5.74, 6) is 1.40. The topological polar surface area (TPSA) is 63.4 Å². The van der Waals surface area contributed by atoms with Crippen molar-refractivity contribution in [2.75, 3.05) is 0 Å². The van der Waals surface area contributed by atoms with Gasteiger partial charge < -0.3 is 10.6 Å². The quantitative estimate of drug-likeness (QED) is 0.579. The summed E-state index contributed by atoms with van der Waals surface area (Å²) in [5, 5.41) is 0.663. The van der Waals surface area contributed by atoms with Crippen molar-refractivity contribution < 1.29 is 9.59 Å². The Morgan fingerprint density at radius 3 is 2.46 bits per heavy atom. The number of alkyl halides is 1. The molecule has 0 spiro atoms. The third-order valence-electron chi connectivity index (χ3n) is 7.34. The molecule has 1 heterocycles. The Hall–Kier alpha value is -1.07. The minimum Gasteiger partial charge on any atom is -0.369 e. The molecule has 6 heteroatoms. The molecule has 26 heavy (non-hydrogen) atoms. The lowest BCUT2D eigenvalue weighted by molar-refractivity contribution is -0.184. The first-order valence-electron chi connectivity index (χ1n) is 9.43. The van der Waals surface area contributed by atoms with Gasteiger partial charge >= 0.3 is 0 Å². The second-order valence-electron chi connectivity index (χ2n) is 8.69. The zero-order valence-electron chi connectivity index (χ0n) is 14.4. The van der Waals surface area contributed by atoms with Gasteiger partial charge in [-0.1, -0.05) is 45.7 Å². The largest absolute Gasteiger partial charge is 0.369 e. The van der Waals surface area contributed by atoms with Crippen LogP contribution in [0.3, 0.4) is 0 Å². The van der Waals surface area contributed by atoms with Crippen LogP contribution in [0.5, 0.6) is 0 Å². The van der Waals surface area contributed by atoms with Crippen LogP contribution in [0.4, 0.5) is 0 Å². The highest BCUT2D eigenvalue weighted by Gasteiger charge is 2.66. The van der Waals surface area contributed by atoms with E-state index in [1.165, 1.54) is 6.42 Å². The van der Waals surface area contributed by atoms with E-state index in [9.17, 15) is 9.59 Å². The summed E-state index contributed by atoms with van der Waals surface area (Å²) in [6.45, 7) is 0. The lowest BCUT2D eigenvalue weighted by atomic mass is 9.46. The summed E-state index contributed by atoms with van der Waals surface area (Å²) < 4.78 is 0. The van der Waals surface area contributed by atoms with Gasteiger partial charge in [0.1, 0.15) is 4.83 Å². The van der Waals surface area contributed by atoms with Gasteiger partial charge in [-0.3, -0.25) is 9.59 Å². The number of amides is 2. The molecule has 6 rings (SSSR count). The first-order valence-corrected chi connectivity index (χ1v) is 10.7. The van der Waals surface area contributed by atoms with Crippen LogP contribution in [-0.2, 0) is 9.59 Å². The number of rotatable bonds is 3. The van der Waals surface area contributed by atoms with E-state index in [4.69, 9.17) is 17.3 Å². The highest BCUT2D eigenvalue weighted by Crippen LogP contribution is 2.63. The molecular formula is C20H22BrClN2O2. The molecule has 4 bridgehead atoms. The molecule has 1 aliphatic heterocycles. The van der Waals surface area contributed by atoms with E-state index in [0.29, 0.717) is 22.8 Å². The van der Waals surface area contributed by atoms with Crippen LogP contribution in [0.1, 0.15) is 43.7 Å². The molecule has 1 saturated heterocycles. The number of nitrogens with zero attached hydrogens (tertiary/aromatic N) is 1. The van der Waals surface area contributed by atoms with Crippen LogP contribution in [0.2, 0.25) is 5.02 Å². The maximum Gasteiger partial charge on any atom is 0.239 e. The van der Waals surface area contributed by atoms with Crippen LogP contribution < -0.4 is 5.73 Å². The minimum atomic E-state index is -0.558. The number of benzene rings is 1. The fraction of sp³-hybridized carbons (Fsp3) is 0.600. The number of primary amides is 1. The lowest BCUT2D eigenvalue weighted by Gasteiger charge is -2.65. The molecule has 5 fully saturated rings. The monoisotopic (exact) mass is 436 g/mol. The third-order valence-corrected chi connectivity index (χ3v) is 8.58. The Balaban J connectivity index is 1.58. The smallest absolute Gasteiger partial charge is 0.239 e. The SMILES string of the molecule is NC(=O)C12CC3CC(CC(C3)C1N1C(=O)C(Br)C1c1ccccc1Cl)C2. The van der Waals surface area contributed by atoms with Crippen molar-refractivity contribution in [3.63, 3.8) is 0 Å². The Bertz CT molecular complexity index is 786. The Labute approximate surface area is 166 Å². The first kappa shape index (κ1) is 17.1. The standard InChI is InChI=1S/C20H22BrClN2O2/c21-15-16(13-3-1-2-4-14(13)22)24(18(15)25)17-12-6-10-5-11(7-12)9-20(17,8-10)19(23)26/h1-4,10-12,15-17H,5-9H2,(H2,23,26). The number of nitrogens with two attached hydrogens (primary N) is 1. The number of halogens is 2. The molecule has 5 atom stereocenters. The third kappa shape index (κ3) is 2.13. The van der Waals surface area contributed by atoms with Crippen molar-refractivity contribution in [3.05, 3.63) is 34.9 Å². The predicted molar refractivity (Wildman–Crippen MR) is 103 cm³/mol. The van der Waals surface area contributed by atoms with Crippen molar-refractivity contribution in [1.29, 1.82) is 0 Å². The minimum absolute atomic E-state index is 0.0630. The molecule has 2 amide bonds. The van der Waals surface area contributed by atoms with Gasteiger partial charge in [0.2, 0.25) is 11.8 Å². The van der Waals surface area contributed by atoms with E-state index in [2.05, 4.69) is 15.9 Å². The summed E-state index contributed by atoms with van der Waals surface area (Å²) in [6, 6.07) is 7.47. The van der Waals surface area contributed by atoms with Gasteiger partial charge in [0, 0.05) is 11.1 Å². The van der Waals surface area contributed by atoms with Gasteiger partial charge in [-0.25, -0.2) is 0 Å². The molecule has 2 N–H and O–H groups in total. The van der Waals surface area contributed by atoms with E-state index in [1.807, 2.05) is 29.2 Å². The number of carbonyl (C=O) groups is 2. The van der Waals surface area contributed by atoms with Crippen molar-refractivity contribution in [2.45, 2.75) is 49.0 Å². The fourth-order valence-electron chi connectivity index (χ4n) is 6.66. The van der Waals surface area contributed by atoms with Gasteiger partial charge in [-0.2, -0.15) is 0 Å². The molecule has 4 nitrogen and oxygen atoms in total. The predicted octanol–water partition coefficient (Wildman–Crippen LogP) is 3.67. The van der Waals surface area contributed by atoms with E-state index in [1.54, 1.807) is 0 Å². The van der Waals surface area contributed by atoms with E-state index in [0.717, 1.165) is 31.2 Å². The van der Waals surface area contributed by atoms with Crippen LogP contribution >= 0.6 is 27.5 Å². The summed E-state index contributed by atoms with van der Waals surface area (Å²) in [5.41, 5.74) is 6.37. The zero-order valence-corrected chi connectivity index (χ0v) is 16.7. The second-order valence-corrected chi connectivity index (χ2v) is 10.1. The van der Waals surface area contributed by atoms with Gasteiger partial charge in [-0.15, -0.1) is 0 Å². The Morgan fingerprint density at radius 2 is 1.85 bits per heavy atom. The van der Waals surface area contributed by atoms with Crippen molar-refractivity contribution in [3.8, 4) is 0 Å². The summed E-state index contributed by atoms with van der Waals surface area (Å²) in [4.78, 5) is 27.2. The molecule has 5 unspecified atom stereocenters. The number of β-lactam (4-membered cyclic amide) rings is 1. The maximum absolute atomic E-state index is 12.9. The van der Waals surface area contributed by atoms with Crippen LogP contribution in [0, 0.1) is 23.2 Å². The molecule has 0 aromatic heterocycles. The number of hydrogen-bond acceptors (Lipinski definition) is 2. The van der Waals surface area contributed by atoms with Crippen LogP contribution in [-0.4, -0.2) is 27.6 Å². The number of likely N-dealkylation sites (tertiary alicyclic amines) is 1. The summed E-state index contributed by atoms with van der Waals surface area (Å²) in [7, 11) is 0. The lowest BCUT2D eigenvalue weighted by Crippen LogP contribution is -2.72. The van der Waals surface area contributed by atoms with Crippen molar-refractivity contribution >= 4 is 39.3 Å². The van der Waals surface area contributed by atoms with Crippen LogP contribution in [0.15, 0.2) is 24.3 Å².